The molecule has 0 aromatic rings. The van der Waals surface area contributed by atoms with Crippen molar-refractivity contribution < 1.29 is 9.53 Å². The summed E-state index contributed by atoms with van der Waals surface area (Å²) >= 11 is 11.1. The maximum atomic E-state index is 10.9. The molecule has 0 heterocycles. The van der Waals surface area contributed by atoms with E-state index in [2.05, 4.69) is 0 Å². The molecule has 0 spiro atoms. The van der Waals surface area contributed by atoms with Gasteiger partial charge >= 0.3 is 5.97 Å². The molecule has 0 aromatic heterocycles. The topological polar surface area (TPSA) is 26.3 Å². The first-order valence-electron chi connectivity index (χ1n) is 5.10. The maximum Gasteiger partial charge on any atom is 0.305 e. The summed E-state index contributed by atoms with van der Waals surface area (Å²) < 4.78 is 4.81. The van der Waals surface area contributed by atoms with Gasteiger partial charge in [0.25, 0.3) is 0 Å². The summed E-state index contributed by atoms with van der Waals surface area (Å²) in [6.07, 6.45) is 5.41. The van der Waals surface area contributed by atoms with Crippen molar-refractivity contribution in [2.75, 3.05) is 6.61 Å². The summed E-state index contributed by atoms with van der Waals surface area (Å²) in [5.41, 5.74) is 0. The zero-order chi connectivity index (χ0) is 10.8. The minimum absolute atomic E-state index is 0.0972. The average molecular weight is 241 g/mol. The Hall–Kier alpha value is 0.0500. The summed E-state index contributed by atoms with van der Waals surface area (Å²) in [6, 6.07) is 0. The smallest absolute Gasteiger partial charge is 0.305 e. The second-order valence-electron chi connectivity index (χ2n) is 3.15. The molecule has 84 valence electrons. The van der Waals surface area contributed by atoms with E-state index in [9.17, 15) is 4.79 Å². The zero-order valence-electron chi connectivity index (χ0n) is 8.60. The van der Waals surface area contributed by atoms with Crippen LogP contribution in [0.3, 0.4) is 0 Å². The Morgan fingerprint density at radius 1 is 1.21 bits per heavy atom. The van der Waals surface area contributed by atoms with Crippen LogP contribution in [0, 0.1) is 0 Å². The molecule has 0 fully saturated rings. The Morgan fingerprint density at radius 3 is 2.43 bits per heavy atom. The zero-order valence-corrected chi connectivity index (χ0v) is 10.1. The predicted molar refractivity (Wildman–Crippen MR) is 59.8 cm³/mol. The van der Waals surface area contributed by atoms with E-state index in [-0.39, 0.29) is 10.8 Å². The molecular formula is C10H18Cl2O2. The van der Waals surface area contributed by atoms with E-state index in [1.807, 2.05) is 6.92 Å². The number of alkyl halides is 2. The number of rotatable bonds is 8. The van der Waals surface area contributed by atoms with Crippen LogP contribution in [0.4, 0.5) is 0 Å². The first-order chi connectivity index (χ1) is 6.66. The Bertz CT molecular complexity index is 149. The molecule has 0 aliphatic carbocycles. The summed E-state index contributed by atoms with van der Waals surface area (Å²) in [6.45, 7) is 2.29. The van der Waals surface area contributed by atoms with Crippen molar-refractivity contribution in [3.63, 3.8) is 0 Å². The van der Waals surface area contributed by atoms with Crippen molar-refractivity contribution in [3.05, 3.63) is 0 Å². The first-order valence-corrected chi connectivity index (χ1v) is 5.98. The van der Waals surface area contributed by atoms with Gasteiger partial charge in [-0.2, -0.15) is 0 Å². The van der Waals surface area contributed by atoms with E-state index in [4.69, 9.17) is 27.9 Å². The lowest BCUT2D eigenvalue weighted by Crippen LogP contribution is -2.03. The van der Waals surface area contributed by atoms with Crippen molar-refractivity contribution in [1.29, 1.82) is 0 Å². The molecule has 0 saturated heterocycles. The van der Waals surface area contributed by atoms with Crippen LogP contribution in [0.2, 0.25) is 0 Å². The molecule has 0 N–H and O–H groups in total. The molecule has 4 heteroatoms. The molecule has 0 radical (unpaired) electrons. The van der Waals surface area contributed by atoms with Gasteiger partial charge in [0, 0.05) is 6.42 Å². The standard InChI is InChI=1S/C10H18Cl2O2/c1-2-14-10(13)8-6-4-3-5-7-9(11)12/h9H,2-8H2,1H3. The molecule has 0 aromatic carbocycles. The van der Waals surface area contributed by atoms with Gasteiger partial charge in [0.05, 0.1) is 6.61 Å². The SMILES string of the molecule is CCOC(=O)CCCCCCC(Cl)Cl. The third kappa shape index (κ3) is 10.1. The highest BCUT2D eigenvalue weighted by atomic mass is 35.5. The highest BCUT2D eigenvalue weighted by Crippen LogP contribution is 2.13. The molecule has 0 unspecified atom stereocenters. The van der Waals surface area contributed by atoms with Gasteiger partial charge in [-0.3, -0.25) is 4.79 Å². The van der Waals surface area contributed by atoms with E-state index in [1.54, 1.807) is 0 Å². The highest BCUT2D eigenvalue weighted by Gasteiger charge is 2.01. The number of halogens is 2. The number of ether oxygens (including phenoxy) is 1. The second kappa shape index (κ2) is 9.60. The fraction of sp³-hybridized carbons (Fsp3) is 0.900. The van der Waals surface area contributed by atoms with Crippen molar-refractivity contribution >= 4 is 29.2 Å². The minimum Gasteiger partial charge on any atom is -0.466 e. The van der Waals surface area contributed by atoms with Crippen molar-refractivity contribution in [2.45, 2.75) is 50.3 Å². The van der Waals surface area contributed by atoms with Crippen molar-refractivity contribution in [2.24, 2.45) is 0 Å². The molecular weight excluding hydrogens is 223 g/mol. The normalized spacial score (nSPS) is 10.6. The van der Waals surface area contributed by atoms with E-state index in [1.165, 1.54) is 0 Å². The number of carbonyl (C=O) groups is 1. The summed E-state index contributed by atoms with van der Waals surface area (Å²) in [7, 11) is 0. The fourth-order valence-electron chi connectivity index (χ4n) is 1.15. The van der Waals surface area contributed by atoms with Crippen LogP contribution in [0.25, 0.3) is 0 Å². The molecule has 0 atom stereocenters. The number of carbonyl (C=O) groups excluding carboxylic acids is 1. The third-order valence-corrected chi connectivity index (χ3v) is 2.30. The van der Waals surface area contributed by atoms with Crippen LogP contribution in [0.1, 0.15) is 45.4 Å². The number of unbranched alkanes of at least 4 members (excludes halogenated alkanes) is 3. The Morgan fingerprint density at radius 2 is 1.86 bits per heavy atom. The van der Waals surface area contributed by atoms with Crippen LogP contribution < -0.4 is 0 Å². The highest BCUT2D eigenvalue weighted by molar-refractivity contribution is 6.44. The Labute approximate surface area is 95.9 Å². The fourth-order valence-corrected chi connectivity index (χ4v) is 1.46. The number of hydrogen-bond acceptors (Lipinski definition) is 2. The van der Waals surface area contributed by atoms with Crippen LogP contribution in [-0.4, -0.2) is 17.4 Å². The Balaban J connectivity index is 3.09. The lowest BCUT2D eigenvalue weighted by Gasteiger charge is -2.02. The number of esters is 1. The molecule has 0 aliphatic heterocycles. The van der Waals surface area contributed by atoms with Gasteiger partial charge < -0.3 is 4.74 Å². The van der Waals surface area contributed by atoms with Crippen LogP contribution in [-0.2, 0) is 9.53 Å². The summed E-state index contributed by atoms with van der Waals surface area (Å²) in [5, 5.41) is 0. The molecule has 14 heavy (non-hydrogen) atoms. The largest absolute Gasteiger partial charge is 0.466 e. The van der Waals surface area contributed by atoms with Gasteiger partial charge in [0.15, 0.2) is 0 Å². The van der Waals surface area contributed by atoms with Gasteiger partial charge in [-0.25, -0.2) is 0 Å². The van der Waals surface area contributed by atoms with Gasteiger partial charge in [-0.05, 0) is 19.8 Å². The molecule has 0 aliphatic rings. The molecule has 2 nitrogen and oxygen atoms in total. The molecule has 0 bridgehead atoms. The molecule has 0 rings (SSSR count). The van der Waals surface area contributed by atoms with E-state index in [0.29, 0.717) is 13.0 Å². The predicted octanol–water partition coefficient (Wildman–Crippen LogP) is 3.69. The van der Waals surface area contributed by atoms with Crippen LogP contribution in [0.15, 0.2) is 0 Å². The monoisotopic (exact) mass is 240 g/mol. The lowest BCUT2D eigenvalue weighted by molar-refractivity contribution is -0.143. The van der Waals surface area contributed by atoms with Gasteiger partial charge in [-0.1, -0.05) is 19.3 Å². The first kappa shape index (κ1) is 14.1. The maximum absolute atomic E-state index is 10.9. The average Bonchev–Trinajstić information content (AvgIpc) is 2.11. The van der Waals surface area contributed by atoms with Gasteiger partial charge in [0.2, 0.25) is 0 Å². The minimum atomic E-state index is -0.250. The number of hydrogen-bond donors (Lipinski definition) is 0. The van der Waals surface area contributed by atoms with E-state index in [0.717, 1.165) is 32.1 Å². The lowest BCUT2D eigenvalue weighted by atomic mass is 10.1. The Kier molecular flexibility index (Phi) is 9.63. The quantitative estimate of drug-likeness (QED) is 0.368. The van der Waals surface area contributed by atoms with Gasteiger partial charge in [-0.15, -0.1) is 23.2 Å². The van der Waals surface area contributed by atoms with Crippen LogP contribution >= 0.6 is 23.2 Å². The van der Waals surface area contributed by atoms with E-state index < -0.39 is 0 Å². The van der Waals surface area contributed by atoms with Gasteiger partial charge in [0.1, 0.15) is 4.84 Å². The van der Waals surface area contributed by atoms with Crippen LogP contribution in [0.5, 0.6) is 0 Å². The van der Waals surface area contributed by atoms with Crippen molar-refractivity contribution in [1.82, 2.24) is 0 Å². The third-order valence-electron chi connectivity index (χ3n) is 1.86. The second-order valence-corrected chi connectivity index (χ2v) is 4.43. The van der Waals surface area contributed by atoms with E-state index >= 15 is 0 Å². The molecule has 0 amide bonds. The summed E-state index contributed by atoms with van der Waals surface area (Å²) in [5.74, 6) is -0.0972. The van der Waals surface area contributed by atoms with Crippen molar-refractivity contribution in [3.8, 4) is 0 Å². The molecule has 0 saturated carbocycles. The summed E-state index contributed by atoms with van der Waals surface area (Å²) in [4.78, 5) is 10.7.